The molecule has 0 unspecified atom stereocenters. The standard InChI is InChI=1S/C10H8N4O/c15-10(9-3-1-2-4-13-9)14-8-5-11-7-12-6-8/h1-7H,(H,14,15). The summed E-state index contributed by atoms with van der Waals surface area (Å²) in [6, 6.07) is 5.14. The van der Waals surface area contributed by atoms with Crippen LogP contribution in [0.1, 0.15) is 10.5 Å². The first kappa shape index (κ1) is 9.26. The highest BCUT2D eigenvalue weighted by Crippen LogP contribution is 2.03. The van der Waals surface area contributed by atoms with E-state index in [0.29, 0.717) is 11.4 Å². The Balaban J connectivity index is 2.12. The van der Waals surface area contributed by atoms with E-state index in [2.05, 4.69) is 20.3 Å². The van der Waals surface area contributed by atoms with Gasteiger partial charge >= 0.3 is 0 Å². The molecule has 0 bridgehead atoms. The minimum absolute atomic E-state index is 0.273. The molecule has 0 aliphatic rings. The monoisotopic (exact) mass is 200 g/mol. The molecule has 2 aromatic heterocycles. The van der Waals surface area contributed by atoms with Gasteiger partial charge in [-0.15, -0.1) is 0 Å². The number of nitrogens with one attached hydrogen (secondary N) is 1. The summed E-state index contributed by atoms with van der Waals surface area (Å²) in [4.78, 5) is 23.1. The topological polar surface area (TPSA) is 67.8 Å². The van der Waals surface area contributed by atoms with Gasteiger partial charge in [-0.1, -0.05) is 6.07 Å². The van der Waals surface area contributed by atoms with Gasteiger partial charge in [0.15, 0.2) is 0 Å². The van der Waals surface area contributed by atoms with Crippen LogP contribution < -0.4 is 5.32 Å². The number of nitrogens with zero attached hydrogens (tertiary/aromatic N) is 3. The van der Waals surface area contributed by atoms with E-state index in [1.807, 2.05) is 0 Å². The fraction of sp³-hybridized carbons (Fsp3) is 0. The van der Waals surface area contributed by atoms with Crippen molar-refractivity contribution in [2.24, 2.45) is 0 Å². The third-order valence-electron chi connectivity index (χ3n) is 1.72. The van der Waals surface area contributed by atoms with Crippen LogP contribution in [0.5, 0.6) is 0 Å². The summed E-state index contributed by atoms with van der Waals surface area (Å²) in [7, 11) is 0. The molecule has 0 saturated heterocycles. The summed E-state index contributed by atoms with van der Waals surface area (Å²) >= 11 is 0. The lowest BCUT2D eigenvalue weighted by Gasteiger charge is -2.02. The van der Waals surface area contributed by atoms with E-state index in [1.165, 1.54) is 18.7 Å². The van der Waals surface area contributed by atoms with Crippen LogP contribution >= 0.6 is 0 Å². The highest BCUT2D eigenvalue weighted by molar-refractivity contribution is 6.02. The number of hydrogen-bond acceptors (Lipinski definition) is 4. The second-order valence-corrected chi connectivity index (χ2v) is 2.80. The first-order valence-electron chi connectivity index (χ1n) is 4.33. The summed E-state index contributed by atoms with van der Waals surface area (Å²) in [5.74, 6) is -0.273. The van der Waals surface area contributed by atoms with Crippen LogP contribution in [0, 0.1) is 0 Å². The van der Waals surface area contributed by atoms with Gasteiger partial charge in [-0.2, -0.15) is 0 Å². The van der Waals surface area contributed by atoms with Gasteiger partial charge < -0.3 is 5.32 Å². The molecular formula is C10H8N4O. The molecule has 1 amide bonds. The number of amides is 1. The molecule has 0 aliphatic carbocycles. The van der Waals surface area contributed by atoms with Crippen LogP contribution in [0.3, 0.4) is 0 Å². The summed E-state index contributed by atoms with van der Waals surface area (Å²) in [6.45, 7) is 0. The molecule has 0 fully saturated rings. The predicted molar refractivity (Wildman–Crippen MR) is 54.2 cm³/mol. The molecule has 5 heteroatoms. The van der Waals surface area contributed by atoms with Crippen LogP contribution in [-0.4, -0.2) is 20.9 Å². The van der Waals surface area contributed by atoms with Crippen LogP contribution in [0.15, 0.2) is 43.1 Å². The fourth-order valence-corrected chi connectivity index (χ4v) is 1.06. The van der Waals surface area contributed by atoms with Crippen molar-refractivity contribution in [1.82, 2.24) is 15.0 Å². The lowest BCUT2D eigenvalue weighted by atomic mass is 10.3. The van der Waals surface area contributed by atoms with Crippen LogP contribution in [0.4, 0.5) is 5.69 Å². The summed E-state index contributed by atoms with van der Waals surface area (Å²) in [6.07, 6.45) is 6.01. The number of rotatable bonds is 2. The molecule has 74 valence electrons. The van der Waals surface area contributed by atoms with Crippen molar-refractivity contribution in [2.75, 3.05) is 5.32 Å². The number of carbonyl (C=O) groups is 1. The Kier molecular flexibility index (Phi) is 2.64. The van der Waals surface area contributed by atoms with Gasteiger partial charge in [-0.3, -0.25) is 9.78 Å². The second-order valence-electron chi connectivity index (χ2n) is 2.80. The van der Waals surface area contributed by atoms with E-state index in [1.54, 1.807) is 24.4 Å². The number of pyridine rings is 1. The average Bonchev–Trinajstić information content (AvgIpc) is 2.31. The van der Waals surface area contributed by atoms with Gasteiger partial charge in [0.2, 0.25) is 0 Å². The molecule has 0 spiro atoms. The van der Waals surface area contributed by atoms with Gasteiger partial charge in [0.25, 0.3) is 5.91 Å². The smallest absolute Gasteiger partial charge is 0.274 e. The first-order valence-corrected chi connectivity index (χ1v) is 4.33. The second kappa shape index (κ2) is 4.28. The Bertz CT molecular complexity index is 443. The largest absolute Gasteiger partial charge is 0.318 e. The third-order valence-corrected chi connectivity index (χ3v) is 1.72. The maximum atomic E-state index is 11.6. The molecule has 0 aliphatic heterocycles. The van der Waals surface area contributed by atoms with E-state index in [-0.39, 0.29) is 5.91 Å². The fourth-order valence-electron chi connectivity index (χ4n) is 1.06. The van der Waals surface area contributed by atoms with Crippen molar-refractivity contribution >= 4 is 11.6 Å². The molecular weight excluding hydrogens is 192 g/mol. The molecule has 0 radical (unpaired) electrons. The number of anilines is 1. The number of carbonyl (C=O) groups excluding carboxylic acids is 1. The van der Waals surface area contributed by atoms with Gasteiger partial charge in [0.05, 0.1) is 18.1 Å². The zero-order valence-electron chi connectivity index (χ0n) is 7.79. The molecule has 2 rings (SSSR count). The summed E-state index contributed by atoms with van der Waals surface area (Å²) in [5.41, 5.74) is 0.912. The highest BCUT2D eigenvalue weighted by Gasteiger charge is 2.05. The normalized spacial score (nSPS) is 9.60. The van der Waals surface area contributed by atoms with Crippen molar-refractivity contribution in [1.29, 1.82) is 0 Å². The molecule has 2 heterocycles. The van der Waals surface area contributed by atoms with Crippen LogP contribution in [0.2, 0.25) is 0 Å². The third kappa shape index (κ3) is 2.34. The van der Waals surface area contributed by atoms with E-state index in [0.717, 1.165) is 0 Å². The SMILES string of the molecule is O=C(Nc1cncnc1)c1ccccn1. The van der Waals surface area contributed by atoms with Crippen molar-refractivity contribution in [3.63, 3.8) is 0 Å². The molecule has 0 saturated carbocycles. The van der Waals surface area contributed by atoms with Gasteiger partial charge in [-0.05, 0) is 12.1 Å². The Morgan fingerprint density at radius 2 is 2.00 bits per heavy atom. The lowest BCUT2D eigenvalue weighted by Crippen LogP contribution is -2.13. The molecule has 15 heavy (non-hydrogen) atoms. The molecule has 2 aromatic rings. The Hall–Kier alpha value is -2.30. The summed E-state index contributed by atoms with van der Waals surface area (Å²) < 4.78 is 0. The predicted octanol–water partition coefficient (Wildman–Crippen LogP) is 1.12. The zero-order valence-corrected chi connectivity index (χ0v) is 7.79. The van der Waals surface area contributed by atoms with Crippen LogP contribution in [-0.2, 0) is 0 Å². The van der Waals surface area contributed by atoms with E-state index in [4.69, 9.17) is 0 Å². The quantitative estimate of drug-likeness (QED) is 0.788. The minimum atomic E-state index is -0.273. The Morgan fingerprint density at radius 3 is 2.67 bits per heavy atom. The maximum Gasteiger partial charge on any atom is 0.274 e. The van der Waals surface area contributed by atoms with Gasteiger partial charge in [0.1, 0.15) is 12.0 Å². The van der Waals surface area contributed by atoms with E-state index >= 15 is 0 Å². The van der Waals surface area contributed by atoms with Crippen LogP contribution in [0.25, 0.3) is 0 Å². The average molecular weight is 200 g/mol. The maximum absolute atomic E-state index is 11.6. The van der Waals surface area contributed by atoms with E-state index in [9.17, 15) is 4.79 Å². The number of aromatic nitrogens is 3. The minimum Gasteiger partial charge on any atom is -0.318 e. The molecule has 1 N–H and O–H groups in total. The molecule has 0 atom stereocenters. The Morgan fingerprint density at radius 1 is 1.20 bits per heavy atom. The molecule has 0 aromatic carbocycles. The zero-order chi connectivity index (χ0) is 10.5. The van der Waals surface area contributed by atoms with Gasteiger partial charge in [-0.25, -0.2) is 9.97 Å². The lowest BCUT2D eigenvalue weighted by molar-refractivity contribution is 0.102. The first-order chi connectivity index (χ1) is 7.36. The highest BCUT2D eigenvalue weighted by atomic mass is 16.1. The number of hydrogen-bond donors (Lipinski definition) is 1. The van der Waals surface area contributed by atoms with Crippen molar-refractivity contribution in [3.8, 4) is 0 Å². The van der Waals surface area contributed by atoms with Crippen molar-refractivity contribution < 1.29 is 4.79 Å². The van der Waals surface area contributed by atoms with Crippen molar-refractivity contribution in [3.05, 3.63) is 48.8 Å². The van der Waals surface area contributed by atoms with E-state index < -0.39 is 0 Å². The Labute approximate surface area is 86.2 Å². The van der Waals surface area contributed by atoms with Gasteiger partial charge in [0, 0.05) is 6.20 Å². The summed E-state index contributed by atoms with van der Waals surface area (Å²) in [5, 5.41) is 2.63. The van der Waals surface area contributed by atoms with Crippen molar-refractivity contribution in [2.45, 2.75) is 0 Å². The molecule has 5 nitrogen and oxygen atoms in total.